The maximum atomic E-state index is 14.0. The van der Waals surface area contributed by atoms with Crippen LogP contribution in [0.5, 0.6) is 0 Å². The van der Waals surface area contributed by atoms with Gasteiger partial charge in [0.15, 0.2) is 11.6 Å². The Morgan fingerprint density at radius 1 is 1.06 bits per heavy atom. The lowest BCUT2D eigenvalue weighted by Crippen LogP contribution is -2.70. The first-order valence-electron chi connectivity index (χ1n) is 11.7. The minimum absolute atomic E-state index is 0.0524. The molecule has 2 fully saturated rings. The van der Waals surface area contributed by atoms with E-state index < -0.39 is 34.5 Å². The Morgan fingerprint density at radius 3 is 2.51 bits per heavy atom. The molecule has 3 N–H and O–H groups in total. The van der Waals surface area contributed by atoms with Gasteiger partial charge in [0.25, 0.3) is 5.91 Å². The number of nitrogens with one attached hydrogen (secondary N) is 1. The van der Waals surface area contributed by atoms with E-state index in [-0.39, 0.29) is 31.1 Å². The van der Waals surface area contributed by atoms with E-state index in [1.54, 1.807) is 29.2 Å². The highest BCUT2D eigenvalue weighted by Crippen LogP contribution is 2.39. The Bertz CT molecular complexity index is 1370. The van der Waals surface area contributed by atoms with Gasteiger partial charge in [-0.25, -0.2) is 8.78 Å². The lowest BCUT2D eigenvalue weighted by Gasteiger charge is -2.51. The summed E-state index contributed by atoms with van der Waals surface area (Å²) in [4.78, 5) is 45.4. The number of hydrogen-bond acceptors (Lipinski definition) is 4. The number of aromatic amines is 1. The second kappa shape index (κ2) is 8.79. The van der Waals surface area contributed by atoms with Crippen molar-refractivity contribution < 1.29 is 18.4 Å². The van der Waals surface area contributed by atoms with Gasteiger partial charge in [-0.15, -0.1) is 0 Å². The van der Waals surface area contributed by atoms with Crippen molar-refractivity contribution in [3.05, 3.63) is 76.1 Å². The van der Waals surface area contributed by atoms with E-state index in [0.29, 0.717) is 23.0 Å². The van der Waals surface area contributed by atoms with Crippen molar-refractivity contribution in [2.45, 2.75) is 31.2 Å². The van der Waals surface area contributed by atoms with Crippen molar-refractivity contribution in [2.75, 3.05) is 24.5 Å². The summed E-state index contributed by atoms with van der Waals surface area (Å²) in [6, 6.07) is 11.8. The number of piperazine rings is 1. The summed E-state index contributed by atoms with van der Waals surface area (Å²) >= 11 is 0. The normalized spacial score (nSPS) is 20.6. The molecule has 1 saturated heterocycles. The molecule has 3 aromatic rings. The summed E-state index contributed by atoms with van der Waals surface area (Å²) in [6.07, 6.45) is 3.26. The predicted octanol–water partition coefficient (Wildman–Crippen LogP) is 3.18. The van der Waals surface area contributed by atoms with Gasteiger partial charge in [-0.1, -0.05) is 37.5 Å². The van der Waals surface area contributed by atoms with Gasteiger partial charge in [0.05, 0.1) is 12.1 Å². The molecule has 182 valence electrons. The van der Waals surface area contributed by atoms with E-state index in [1.165, 1.54) is 17.0 Å². The summed E-state index contributed by atoms with van der Waals surface area (Å²) in [7, 11) is 0. The summed E-state index contributed by atoms with van der Waals surface area (Å²) in [5.74, 6) is -2.83. The highest BCUT2D eigenvalue weighted by Gasteiger charge is 2.51. The molecule has 1 aromatic heterocycles. The van der Waals surface area contributed by atoms with Gasteiger partial charge >= 0.3 is 0 Å². The molecule has 2 aliphatic rings. The van der Waals surface area contributed by atoms with Crippen LogP contribution in [0.4, 0.5) is 14.5 Å². The van der Waals surface area contributed by atoms with E-state index in [9.17, 15) is 23.2 Å². The van der Waals surface area contributed by atoms with Crippen molar-refractivity contribution in [3.8, 4) is 0 Å². The number of pyridine rings is 1. The van der Waals surface area contributed by atoms with E-state index in [4.69, 9.17) is 5.73 Å². The summed E-state index contributed by atoms with van der Waals surface area (Å²) in [5, 5.41) is 0.571. The number of hydrogen-bond donors (Lipinski definition) is 2. The van der Waals surface area contributed by atoms with Crippen LogP contribution in [0.15, 0.2) is 53.3 Å². The quantitative estimate of drug-likeness (QED) is 0.586. The number of para-hydroxylation sites is 1. The molecule has 1 aliphatic carbocycles. The van der Waals surface area contributed by atoms with E-state index in [0.717, 1.165) is 31.4 Å². The van der Waals surface area contributed by atoms with Crippen LogP contribution < -0.4 is 16.2 Å². The van der Waals surface area contributed by atoms with Crippen LogP contribution in [-0.4, -0.2) is 46.9 Å². The minimum Gasteiger partial charge on any atom is -0.368 e. The number of amides is 2. The zero-order valence-electron chi connectivity index (χ0n) is 19.1. The van der Waals surface area contributed by atoms with Crippen molar-refractivity contribution in [3.63, 3.8) is 0 Å². The van der Waals surface area contributed by atoms with E-state index in [1.807, 2.05) is 0 Å². The van der Waals surface area contributed by atoms with Gasteiger partial charge in [0, 0.05) is 41.8 Å². The zero-order chi connectivity index (χ0) is 24.7. The molecule has 0 spiro atoms. The number of primary amides is 1. The molecule has 5 rings (SSSR count). The van der Waals surface area contributed by atoms with Crippen LogP contribution in [0.3, 0.4) is 0 Å². The number of fused-ring (bicyclic) bond motifs is 1. The molecule has 9 heteroatoms. The number of nitrogens with zero attached hydrogens (tertiary/aromatic N) is 2. The molecule has 35 heavy (non-hydrogen) atoms. The fraction of sp³-hybridized carbons (Fsp3) is 0.346. The Balaban J connectivity index is 1.58. The van der Waals surface area contributed by atoms with Crippen molar-refractivity contribution in [2.24, 2.45) is 11.7 Å². The van der Waals surface area contributed by atoms with Crippen molar-refractivity contribution in [1.82, 2.24) is 9.88 Å². The Hall–Kier alpha value is -3.75. The number of H-pyrrole nitrogens is 1. The predicted molar refractivity (Wildman–Crippen MR) is 128 cm³/mol. The average Bonchev–Trinajstić information content (AvgIpc) is 2.82. The maximum absolute atomic E-state index is 14.0. The van der Waals surface area contributed by atoms with Crippen LogP contribution in [0.2, 0.25) is 0 Å². The van der Waals surface area contributed by atoms with E-state index in [2.05, 4.69) is 4.98 Å². The number of halogens is 2. The number of rotatable bonds is 5. The minimum atomic E-state index is -1.37. The standard InChI is InChI=1S/C26H26F2N4O3/c27-20-9-8-17(12-21(20)28)31-10-11-32(26(15-31,25(29)35)14-16-4-3-5-16)24(34)19-13-23(33)30-22-7-2-1-6-18(19)22/h1-2,6-9,12-13,16H,3-5,10-11,14-15H2,(H2,29,35)(H,30,33). The average molecular weight is 481 g/mol. The van der Waals surface area contributed by atoms with E-state index >= 15 is 0 Å². The van der Waals surface area contributed by atoms with Gasteiger partial charge in [-0.2, -0.15) is 0 Å². The van der Waals surface area contributed by atoms with Gasteiger partial charge < -0.3 is 20.5 Å². The number of benzene rings is 2. The molecule has 1 aliphatic heterocycles. The SMILES string of the molecule is NC(=O)C1(CC2CCC2)CN(c2ccc(F)c(F)c2)CCN1C(=O)c1cc(=O)[nH]c2ccccc12. The number of anilines is 1. The van der Waals surface area contributed by atoms with Crippen molar-refractivity contribution >= 4 is 28.4 Å². The largest absolute Gasteiger partial charge is 0.368 e. The number of aromatic nitrogens is 1. The fourth-order valence-electron chi connectivity index (χ4n) is 5.30. The number of nitrogens with two attached hydrogens (primary N) is 1. The third-order valence-electron chi connectivity index (χ3n) is 7.37. The summed E-state index contributed by atoms with van der Waals surface area (Å²) < 4.78 is 27.5. The molecule has 2 aromatic carbocycles. The van der Waals surface area contributed by atoms with Crippen LogP contribution in [0.1, 0.15) is 36.0 Å². The molecule has 1 atom stereocenters. The first-order valence-corrected chi connectivity index (χ1v) is 11.7. The van der Waals surface area contributed by atoms with Crippen LogP contribution in [0.25, 0.3) is 10.9 Å². The van der Waals surface area contributed by atoms with Crippen LogP contribution in [0, 0.1) is 17.6 Å². The lowest BCUT2D eigenvalue weighted by molar-refractivity contribution is -0.131. The number of carbonyl (C=O) groups excluding carboxylic acids is 2. The first kappa shape index (κ1) is 23.0. The van der Waals surface area contributed by atoms with Gasteiger partial charge in [-0.3, -0.25) is 14.4 Å². The maximum Gasteiger partial charge on any atom is 0.255 e. The molecule has 2 amide bonds. The van der Waals surface area contributed by atoms with Crippen LogP contribution >= 0.6 is 0 Å². The topological polar surface area (TPSA) is 99.5 Å². The highest BCUT2D eigenvalue weighted by molar-refractivity contribution is 6.08. The van der Waals surface area contributed by atoms with Gasteiger partial charge in [0.2, 0.25) is 11.5 Å². The smallest absolute Gasteiger partial charge is 0.255 e. The lowest BCUT2D eigenvalue weighted by atomic mass is 9.73. The molecule has 0 bridgehead atoms. The third-order valence-corrected chi connectivity index (χ3v) is 7.37. The molecule has 1 saturated carbocycles. The Labute approximate surface area is 200 Å². The second-order valence-electron chi connectivity index (χ2n) is 9.47. The molecule has 1 unspecified atom stereocenters. The second-order valence-corrected chi connectivity index (χ2v) is 9.47. The highest BCUT2D eigenvalue weighted by atomic mass is 19.2. The fourth-order valence-corrected chi connectivity index (χ4v) is 5.30. The molecular weight excluding hydrogens is 454 g/mol. The van der Waals surface area contributed by atoms with Gasteiger partial charge in [0.1, 0.15) is 5.54 Å². The Kier molecular flexibility index (Phi) is 5.78. The molecule has 7 nitrogen and oxygen atoms in total. The summed E-state index contributed by atoms with van der Waals surface area (Å²) in [5.41, 5.74) is 5.36. The molecule has 0 radical (unpaired) electrons. The third kappa shape index (κ3) is 4.05. The van der Waals surface area contributed by atoms with Crippen LogP contribution in [-0.2, 0) is 4.79 Å². The van der Waals surface area contributed by atoms with Crippen molar-refractivity contribution in [1.29, 1.82) is 0 Å². The molecular formula is C26H26F2N4O3. The summed E-state index contributed by atoms with van der Waals surface area (Å²) in [6.45, 7) is 0.475. The molecule has 2 heterocycles. The number of carbonyl (C=O) groups is 2. The van der Waals surface area contributed by atoms with Gasteiger partial charge in [-0.05, 0) is 30.5 Å². The monoisotopic (exact) mass is 480 g/mol. The first-order chi connectivity index (χ1) is 16.8. The Morgan fingerprint density at radius 2 is 1.83 bits per heavy atom. The zero-order valence-corrected chi connectivity index (χ0v) is 19.1.